The Morgan fingerprint density at radius 3 is 2.58 bits per heavy atom. The molecule has 0 fully saturated rings. The predicted molar refractivity (Wildman–Crippen MR) is 109 cm³/mol. The number of amides is 1. The van der Waals surface area contributed by atoms with E-state index in [9.17, 15) is 4.79 Å². The number of carbonyl (C=O) groups excluding carboxylic acids is 1. The Labute approximate surface area is 168 Å². The fraction of sp³-hybridized carbons (Fsp3) is 0.158. The molecule has 0 aliphatic heterocycles. The lowest BCUT2D eigenvalue weighted by Gasteiger charge is -2.06. The van der Waals surface area contributed by atoms with Crippen LogP contribution < -0.4 is 9.54 Å². The predicted octanol–water partition coefficient (Wildman–Crippen LogP) is 5.23. The van der Waals surface area contributed by atoms with E-state index in [0.29, 0.717) is 21.1 Å². The normalized spacial score (nSPS) is 11.7. The molecule has 0 radical (unpaired) electrons. The molecule has 1 aromatic heterocycles. The highest BCUT2D eigenvalue weighted by atomic mass is 79.9. The van der Waals surface area contributed by atoms with Crippen molar-refractivity contribution in [2.45, 2.75) is 6.92 Å². The zero-order chi connectivity index (χ0) is 18.8. The molecule has 26 heavy (non-hydrogen) atoms. The number of carbonyl (C=O) groups is 1. The lowest BCUT2D eigenvalue weighted by atomic mass is 10.1. The van der Waals surface area contributed by atoms with Crippen molar-refractivity contribution in [1.82, 2.24) is 4.57 Å². The van der Waals surface area contributed by atoms with Gasteiger partial charge in [0, 0.05) is 21.4 Å². The van der Waals surface area contributed by atoms with Crippen LogP contribution in [-0.4, -0.2) is 17.6 Å². The Morgan fingerprint density at radius 2 is 1.92 bits per heavy atom. The summed E-state index contributed by atoms with van der Waals surface area (Å²) >= 11 is 10.9. The number of rotatable bonds is 3. The number of benzene rings is 2. The zero-order valence-electron chi connectivity index (χ0n) is 14.4. The van der Waals surface area contributed by atoms with Crippen molar-refractivity contribution in [3.05, 3.63) is 67.2 Å². The molecule has 2 aromatic carbocycles. The maximum Gasteiger partial charge on any atom is 0.283 e. The third kappa shape index (κ3) is 3.77. The maximum absolute atomic E-state index is 12.7. The van der Waals surface area contributed by atoms with Gasteiger partial charge in [-0.25, -0.2) is 0 Å². The molecule has 3 rings (SSSR count). The summed E-state index contributed by atoms with van der Waals surface area (Å²) in [6.07, 6.45) is 0. The lowest BCUT2D eigenvalue weighted by Crippen LogP contribution is -2.14. The van der Waals surface area contributed by atoms with Crippen LogP contribution >= 0.6 is 38.9 Å². The first-order valence-corrected chi connectivity index (χ1v) is 9.74. The summed E-state index contributed by atoms with van der Waals surface area (Å²) in [5.41, 5.74) is 2.45. The minimum absolute atomic E-state index is 0.344. The van der Waals surface area contributed by atoms with Crippen LogP contribution in [0.3, 0.4) is 0 Å². The van der Waals surface area contributed by atoms with Gasteiger partial charge in [-0.05, 0) is 42.8 Å². The van der Waals surface area contributed by atoms with E-state index in [2.05, 4.69) is 20.9 Å². The van der Waals surface area contributed by atoms with Crippen molar-refractivity contribution in [3.8, 4) is 17.0 Å². The van der Waals surface area contributed by atoms with E-state index in [1.54, 1.807) is 18.2 Å². The fourth-order valence-electron chi connectivity index (χ4n) is 2.68. The smallest absolute Gasteiger partial charge is 0.283 e. The van der Waals surface area contributed by atoms with E-state index in [1.165, 1.54) is 18.4 Å². The van der Waals surface area contributed by atoms with E-state index >= 15 is 0 Å². The van der Waals surface area contributed by atoms with Gasteiger partial charge in [-0.15, -0.1) is 11.3 Å². The second-order valence-electron chi connectivity index (χ2n) is 5.62. The number of ether oxygens (including phenoxy) is 1. The molecule has 0 aliphatic carbocycles. The quantitative estimate of drug-likeness (QED) is 0.547. The third-order valence-electron chi connectivity index (χ3n) is 3.91. The molecule has 0 saturated heterocycles. The summed E-state index contributed by atoms with van der Waals surface area (Å²) in [5, 5.41) is 0.464. The van der Waals surface area contributed by atoms with Crippen LogP contribution in [0, 0.1) is 6.92 Å². The van der Waals surface area contributed by atoms with E-state index < -0.39 is 0 Å². The van der Waals surface area contributed by atoms with Gasteiger partial charge in [-0.3, -0.25) is 4.79 Å². The molecule has 0 spiro atoms. The van der Waals surface area contributed by atoms with Crippen LogP contribution in [0.2, 0.25) is 5.02 Å². The number of halogens is 2. The number of nitrogens with zero attached hydrogens (tertiary/aromatic N) is 2. The van der Waals surface area contributed by atoms with Gasteiger partial charge in [-0.1, -0.05) is 39.7 Å². The molecule has 1 amide bonds. The van der Waals surface area contributed by atoms with Crippen molar-refractivity contribution in [2.75, 3.05) is 7.11 Å². The Kier molecular flexibility index (Phi) is 5.65. The van der Waals surface area contributed by atoms with E-state index in [4.69, 9.17) is 16.3 Å². The number of thiazole rings is 1. The molecule has 1 heterocycles. The summed E-state index contributed by atoms with van der Waals surface area (Å²) in [6, 6.07) is 13.0. The van der Waals surface area contributed by atoms with Gasteiger partial charge in [0.25, 0.3) is 5.91 Å². The summed E-state index contributed by atoms with van der Waals surface area (Å²) in [4.78, 5) is 18.7. The Bertz CT molecular complexity index is 1040. The van der Waals surface area contributed by atoms with Crippen LogP contribution in [0.15, 0.2) is 51.9 Å². The molecular weight excluding hydrogens is 436 g/mol. The van der Waals surface area contributed by atoms with Gasteiger partial charge in [0.15, 0.2) is 4.80 Å². The monoisotopic (exact) mass is 450 g/mol. The molecule has 0 unspecified atom stereocenters. The SMILES string of the molecule is COc1ccc(Cl)cc1C(=O)N=c1sc(C)c(-c2ccc(Br)cc2)n1C. The molecule has 3 aromatic rings. The fourth-order valence-corrected chi connectivity index (χ4v) is 4.10. The van der Waals surface area contributed by atoms with Crippen LogP contribution in [0.1, 0.15) is 15.2 Å². The molecule has 0 N–H and O–H groups in total. The van der Waals surface area contributed by atoms with E-state index in [0.717, 1.165) is 20.6 Å². The van der Waals surface area contributed by atoms with Gasteiger partial charge in [0.2, 0.25) is 0 Å². The topological polar surface area (TPSA) is 43.6 Å². The van der Waals surface area contributed by atoms with Crippen LogP contribution in [0.5, 0.6) is 5.75 Å². The first-order chi connectivity index (χ1) is 12.4. The molecule has 0 atom stereocenters. The van der Waals surface area contributed by atoms with Crippen molar-refractivity contribution in [3.63, 3.8) is 0 Å². The first-order valence-electron chi connectivity index (χ1n) is 7.75. The Balaban J connectivity index is 2.08. The number of aromatic nitrogens is 1. The summed E-state index contributed by atoms with van der Waals surface area (Å²) < 4.78 is 8.20. The lowest BCUT2D eigenvalue weighted by molar-refractivity contribution is 0.0995. The van der Waals surface area contributed by atoms with Gasteiger partial charge in [-0.2, -0.15) is 4.99 Å². The molecule has 0 aliphatic rings. The number of methoxy groups -OCH3 is 1. The number of hydrogen-bond acceptors (Lipinski definition) is 3. The van der Waals surface area contributed by atoms with E-state index in [1.807, 2.05) is 42.8 Å². The largest absolute Gasteiger partial charge is 0.496 e. The van der Waals surface area contributed by atoms with Gasteiger partial charge < -0.3 is 9.30 Å². The minimum Gasteiger partial charge on any atom is -0.496 e. The third-order valence-corrected chi connectivity index (χ3v) is 5.72. The highest BCUT2D eigenvalue weighted by molar-refractivity contribution is 9.10. The molecule has 0 saturated carbocycles. The van der Waals surface area contributed by atoms with Crippen LogP contribution in [-0.2, 0) is 7.05 Å². The van der Waals surface area contributed by atoms with Crippen LogP contribution in [0.4, 0.5) is 0 Å². The van der Waals surface area contributed by atoms with Crippen molar-refractivity contribution in [2.24, 2.45) is 12.0 Å². The average Bonchev–Trinajstić information content (AvgIpc) is 2.89. The standard InChI is InChI=1S/C19H16BrClN2O2S/c1-11-17(12-4-6-13(20)7-5-12)23(2)19(26-11)22-18(24)15-10-14(21)8-9-16(15)25-3/h4-10H,1-3H3. The number of aryl methyl sites for hydroxylation is 1. The Hall–Kier alpha value is -1.89. The minimum atomic E-state index is -0.386. The zero-order valence-corrected chi connectivity index (χ0v) is 17.6. The highest BCUT2D eigenvalue weighted by Gasteiger charge is 2.15. The molecule has 4 nitrogen and oxygen atoms in total. The van der Waals surface area contributed by atoms with Gasteiger partial charge in [0.05, 0.1) is 18.4 Å². The number of hydrogen-bond donors (Lipinski definition) is 0. The van der Waals surface area contributed by atoms with Gasteiger partial charge in [0.1, 0.15) is 5.75 Å². The van der Waals surface area contributed by atoms with Crippen molar-refractivity contribution in [1.29, 1.82) is 0 Å². The van der Waals surface area contributed by atoms with Crippen LogP contribution in [0.25, 0.3) is 11.3 Å². The van der Waals surface area contributed by atoms with Crippen molar-refractivity contribution >= 4 is 44.8 Å². The van der Waals surface area contributed by atoms with E-state index in [-0.39, 0.29) is 5.91 Å². The summed E-state index contributed by atoms with van der Waals surface area (Å²) in [5.74, 6) is 0.0655. The first kappa shape index (κ1) is 18.9. The summed E-state index contributed by atoms with van der Waals surface area (Å²) in [7, 11) is 3.42. The van der Waals surface area contributed by atoms with Gasteiger partial charge >= 0.3 is 0 Å². The second kappa shape index (κ2) is 7.78. The Morgan fingerprint density at radius 1 is 1.23 bits per heavy atom. The molecule has 7 heteroatoms. The second-order valence-corrected chi connectivity index (χ2v) is 8.15. The molecular formula is C19H16BrClN2O2S. The molecule has 0 bridgehead atoms. The van der Waals surface area contributed by atoms with Crippen molar-refractivity contribution < 1.29 is 9.53 Å². The maximum atomic E-state index is 12.7. The summed E-state index contributed by atoms with van der Waals surface area (Å²) in [6.45, 7) is 2.02. The highest BCUT2D eigenvalue weighted by Crippen LogP contribution is 2.27. The average molecular weight is 452 g/mol. The molecule has 134 valence electrons.